The molecule has 0 radical (unpaired) electrons. The Kier molecular flexibility index (Phi) is 2.80. The van der Waals surface area contributed by atoms with Gasteiger partial charge in [0, 0.05) is 31.6 Å². The van der Waals surface area contributed by atoms with Gasteiger partial charge in [-0.3, -0.25) is 0 Å². The van der Waals surface area contributed by atoms with Crippen LogP contribution < -0.4 is 4.90 Å². The molecule has 90 valence electrons. The summed E-state index contributed by atoms with van der Waals surface area (Å²) in [5.41, 5.74) is 0.887. The highest BCUT2D eigenvalue weighted by molar-refractivity contribution is 9.10. The SMILES string of the molecule is CN1CCN(c2nc(Br)cc3ccoc23)CC1. The van der Waals surface area contributed by atoms with Crippen molar-refractivity contribution >= 4 is 32.7 Å². The molecule has 1 aliphatic rings. The molecule has 2 aromatic rings. The fourth-order valence-electron chi connectivity index (χ4n) is 2.16. The number of nitrogens with zero attached hydrogens (tertiary/aromatic N) is 3. The van der Waals surface area contributed by atoms with Crippen molar-refractivity contribution in [2.45, 2.75) is 0 Å². The van der Waals surface area contributed by atoms with Crippen LogP contribution >= 0.6 is 15.9 Å². The van der Waals surface area contributed by atoms with Gasteiger partial charge in [-0.05, 0) is 35.1 Å². The molecule has 0 spiro atoms. The zero-order valence-corrected chi connectivity index (χ0v) is 11.3. The molecular weight excluding hydrogens is 282 g/mol. The second-order valence-corrected chi connectivity index (χ2v) is 5.21. The van der Waals surface area contributed by atoms with Crippen molar-refractivity contribution in [1.82, 2.24) is 9.88 Å². The number of anilines is 1. The smallest absolute Gasteiger partial charge is 0.176 e. The van der Waals surface area contributed by atoms with Gasteiger partial charge in [-0.15, -0.1) is 0 Å². The minimum absolute atomic E-state index is 0.861. The molecule has 0 saturated carbocycles. The van der Waals surface area contributed by atoms with E-state index in [4.69, 9.17) is 4.42 Å². The van der Waals surface area contributed by atoms with Gasteiger partial charge in [0.1, 0.15) is 4.60 Å². The molecule has 3 heterocycles. The molecule has 0 N–H and O–H groups in total. The lowest BCUT2D eigenvalue weighted by Crippen LogP contribution is -2.44. The van der Waals surface area contributed by atoms with Gasteiger partial charge in [-0.2, -0.15) is 0 Å². The quantitative estimate of drug-likeness (QED) is 0.756. The summed E-state index contributed by atoms with van der Waals surface area (Å²) in [6.07, 6.45) is 1.72. The number of fused-ring (bicyclic) bond motifs is 1. The first-order valence-electron chi connectivity index (χ1n) is 5.71. The van der Waals surface area contributed by atoms with Crippen LogP contribution in [0.15, 0.2) is 27.4 Å². The van der Waals surface area contributed by atoms with E-state index in [1.165, 1.54) is 0 Å². The monoisotopic (exact) mass is 295 g/mol. The maximum absolute atomic E-state index is 5.55. The predicted octanol–water partition coefficient (Wildman–Crippen LogP) is 2.34. The summed E-state index contributed by atoms with van der Waals surface area (Å²) in [7, 11) is 2.15. The largest absolute Gasteiger partial charge is 0.460 e. The van der Waals surface area contributed by atoms with E-state index in [2.05, 4.69) is 37.8 Å². The first-order chi connectivity index (χ1) is 8.24. The van der Waals surface area contributed by atoms with E-state index in [9.17, 15) is 0 Å². The molecule has 0 aromatic carbocycles. The third-order valence-electron chi connectivity index (χ3n) is 3.19. The third kappa shape index (κ3) is 2.05. The molecule has 2 aromatic heterocycles. The summed E-state index contributed by atoms with van der Waals surface area (Å²) in [5, 5.41) is 1.10. The van der Waals surface area contributed by atoms with Crippen molar-refractivity contribution in [2.24, 2.45) is 0 Å². The summed E-state index contributed by atoms with van der Waals surface area (Å²) < 4.78 is 6.41. The second kappa shape index (κ2) is 4.31. The summed E-state index contributed by atoms with van der Waals surface area (Å²) in [5.74, 6) is 0.951. The standard InChI is InChI=1S/C12H14BrN3O/c1-15-3-5-16(6-4-15)12-11-9(2-7-17-11)8-10(13)14-12/h2,7-8H,3-6H2,1H3. The fraction of sp³-hybridized carbons (Fsp3) is 0.417. The number of rotatable bonds is 1. The molecule has 1 fully saturated rings. The van der Waals surface area contributed by atoms with Crippen LogP contribution in [0.3, 0.4) is 0 Å². The van der Waals surface area contributed by atoms with Gasteiger partial charge >= 0.3 is 0 Å². The Morgan fingerprint density at radius 2 is 2.06 bits per heavy atom. The van der Waals surface area contributed by atoms with E-state index in [0.29, 0.717) is 0 Å². The zero-order valence-electron chi connectivity index (χ0n) is 9.69. The Balaban J connectivity index is 2.01. The number of hydrogen-bond donors (Lipinski definition) is 0. The lowest BCUT2D eigenvalue weighted by molar-refractivity contribution is 0.312. The molecule has 5 heteroatoms. The first kappa shape index (κ1) is 11.0. The van der Waals surface area contributed by atoms with Gasteiger partial charge in [0.25, 0.3) is 0 Å². The molecule has 0 unspecified atom stereocenters. The summed E-state index contributed by atoms with van der Waals surface area (Å²) >= 11 is 3.46. The molecule has 4 nitrogen and oxygen atoms in total. The molecule has 3 rings (SSSR count). The van der Waals surface area contributed by atoms with Crippen molar-refractivity contribution in [3.05, 3.63) is 23.0 Å². The second-order valence-electron chi connectivity index (χ2n) is 4.40. The molecule has 17 heavy (non-hydrogen) atoms. The minimum atomic E-state index is 0.861. The van der Waals surface area contributed by atoms with E-state index in [0.717, 1.165) is 47.6 Å². The van der Waals surface area contributed by atoms with Crippen LogP contribution in [0.4, 0.5) is 5.82 Å². The summed E-state index contributed by atoms with van der Waals surface area (Å²) in [6, 6.07) is 3.96. The van der Waals surface area contributed by atoms with E-state index in [-0.39, 0.29) is 0 Å². The Hall–Kier alpha value is -1.07. The molecule has 0 amide bonds. The molecule has 0 bridgehead atoms. The van der Waals surface area contributed by atoms with E-state index in [1.54, 1.807) is 6.26 Å². The Labute approximate surface area is 108 Å². The highest BCUT2D eigenvalue weighted by Gasteiger charge is 2.19. The highest BCUT2D eigenvalue weighted by Crippen LogP contribution is 2.29. The van der Waals surface area contributed by atoms with Crippen LogP contribution in [0.5, 0.6) is 0 Å². The van der Waals surface area contributed by atoms with Crippen LogP contribution in [0.25, 0.3) is 11.0 Å². The van der Waals surface area contributed by atoms with Gasteiger partial charge in [-0.25, -0.2) is 4.98 Å². The number of aromatic nitrogens is 1. The number of likely N-dealkylation sites (N-methyl/N-ethyl adjacent to an activating group) is 1. The van der Waals surface area contributed by atoms with Gasteiger partial charge in [0.2, 0.25) is 0 Å². The normalized spacial score (nSPS) is 17.9. The highest BCUT2D eigenvalue weighted by atomic mass is 79.9. The van der Waals surface area contributed by atoms with Crippen molar-refractivity contribution in [3.8, 4) is 0 Å². The van der Waals surface area contributed by atoms with Gasteiger partial charge in [-0.1, -0.05) is 0 Å². The van der Waals surface area contributed by atoms with Gasteiger partial charge < -0.3 is 14.2 Å². The van der Waals surface area contributed by atoms with E-state index in [1.807, 2.05) is 12.1 Å². The van der Waals surface area contributed by atoms with Crippen LogP contribution in [-0.4, -0.2) is 43.1 Å². The van der Waals surface area contributed by atoms with Crippen LogP contribution in [0, 0.1) is 0 Å². The van der Waals surface area contributed by atoms with E-state index >= 15 is 0 Å². The fourth-order valence-corrected chi connectivity index (χ4v) is 2.57. The van der Waals surface area contributed by atoms with Crippen molar-refractivity contribution in [3.63, 3.8) is 0 Å². The number of halogens is 1. The van der Waals surface area contributed by atoms with Crippen molar-refractivity contribution in [2.75, 3.05) is 38.1 Å². The minimum Gasteiger partial charge on any atom is -0.460 e. The molecule has 0 aliphatic carbocycles. The molecule has 1 aliphatic heterocycles. The van der Waals surface area contributed by atoms with Gasteiger partial charge in [0.15, 0.2) is 11.4 Å². The third-order valence-corrected chi connectivity index (χ3v) is 3.60. The number of pyridine rings is 1. The molecule has 0 atom stereocenters. The van der Waals surface area contributed by atoms with Crippen molar-refractivity contribution < 1.29 is 4.42 Å². The number of hydrogen-bond acceptors (Lipinski definition) is 4. The lowest BCUT2D eigenvalue weighted by atomic mass is 10.2. The Bertz CT molecular complexity index is 532. The molecular formula is C12H14BrN3O. The zero-order chi connectivity index (χ0) is 11.8. The number of furan rings is 1. The van der Waals surface area contributed by atoms with Crippen LogP contribution in [0.2, 0.25) is 0 Å². The Morgan fingerprint density at radius 1 is 1.29 bits per heavy atom. The van der Waals surface area contributed by atoms with Crippen LogP contribution in [0.1, 0.15) is 0 Å². The maximum Gasteiger partial charge on any atom is 0.176 e. The lowest BCUT2D eigenvalue weighted by Gasteiger charge is -2.33. The first-order valence-corrected chi connectivity index (χ1v) is 6.50. The van der Waals surface area contributed by atoms with Crippen molar-refractivity contribution in [1.29, 1.82) is 0 Å². The average Bonchev–Trinajstić information content (AvgIpc) is 2.77. The average molecular weight is 296 g/mol. The molecule has 1 saturated heterocycles. The van der Waals surface area contributed by atoms with Crippen LogP contribution in [-0.2, 0) is 0 Å². The predicted molar refractivity (Wildman–Crippen MR) is 71.4 cm³/mol. The van der Waals surface area contributed by atoms with Gasteiger partial charge in [0.05, 0.1) is 6.26 Å². The van der Waals surface area contributed by atoms with E-state index < -0.39 is 0 Å². The number of piperazine rings is 1. The summed E-state index contributed by atoms with van der Waals surface area (Å²) in [4.78, 5) is 9.17. The maximum atomic E-state index is 5.55. The summed E-state index contributed by atoms with van der Waals surface area (Å²) in [6.45, 7) is 4.12. The Morgan fingerprint density at radius 3 is 2.82 bits per heavy atom. The topological polar surface area (TPSA) is 32.5 Å².